The van der Waals surface area contributed by atoms with Crippen LogP contribution in [0, 0.1) is 0 Å². The number of anilines is 1. The largest absolute Gasteiger partial charge is 0.351 e. The lowest BCUT2D eigenvalue weighted by Crippen LogP contribution is -2.25. The number of carbonyl (C=O) groups excluding carboxylic acids is 2. The van der Waals surface area contributed by atoms with Crippen molar-refractivity contribution in [1.29, 1.82) is 0 Å². The van der Waals surface area contributed by atoms with Crippen molar-refractivity contribution < 1.29 is 9.59 Å². The van der Waals surface area contributed by atoms with Crippen LogP contribution in [0.15, 0.2) is 65.7 Å². The monoisotopic (exact) mass is 397 g/mol. The van der Waals surface area contributed by atoms with Crippen molar-refractivity contribution in [1.82, 2.24) is 10.3 Å². The zero-order valence-corrected chi connectivity index (χ0v) is 14.9. The van der Waals surface area contributed by atoms with Crippen LogP contribution in [0.25, 0.3) is 10.9 Å². The first-order valence-electron chi connectivity index (χ1n) is 7.66. The van der Waals surface area contributed by atoms with Crippen LogP contribution >= 0.6 is 15.9 Å². The quantitative estimate of drug-likeness (QED) is 0.567. The molecule has 0 atom stereocenters. The summed E-state index contributed by atoms with van der Waals surface area (Å²) in [6.45, 7) is 3.93. The van der Waals surface area contributed by atoms with Crippen LogP contribution in [-0.2, 0) is 0 Å². The van der Waals surface area contributed by atoms with Gasteiger partial charge in [0, 0.05) is 21.9 Å². The number of rotatable bonds is 5. The van der Waals surface area contributed by atoms with Crippen molar-refractivity contribution in [2.75, 3.05) is 11.9 Å². The number of aromatic amines is 1. The Balaban J connectivity index is 1.84. The third-order valence-corrected chi connectivity index (χ3v) is 4.15. The normalized spacial score (nSPS) is 10.4. The molecule has 0 spiro atoms. The van der Waals surface area contributed by atoms with E-state index in [9.17, 15) is 9.59 Å². The molecule has 0 aliphatic heterocycles. The highest BCUT2D eigenvalue weighted by Gasteiger charge is 2.15. The van der Waals surface area contributed by atoms with Gasteiger partial charge in [-0.15, -0.1) is 6.58 Å². The summed E-state index contributed by atoms with van der Waals surface area (Å²) < 4.78 is 0.940. The van der Waals surface area contributed by atoms with Gasteiger partial charge in [-0.1, -0.05) is 34.1 Å². The lowest BCUT2D eigenvalue weighted by molar-refractivity contribution is 0.0959. The van der Waals surface area contributed by atoms with E-state index >= 15 is 0 Å². The number of halogens is 1. The first-order chi connectivity index (χ1) is 12.1. The molecular formula is C19H16BrN3O2. The molecule has 25 heavy (non-hydrogen) atoms. The number of para-hydroxylation sites is 1. The van der Waals surface area contributed by atoms with E-state index in [1.165, 1.54) is 0 Å². The van der Waals surface area contributed by atoms with Crippen molar-refractivity contribution in [3.05, 3.63) is 76.9 Å². The summed E-state index contributed by atoms with van der Waals surface area (Å²) in [6, 6.07) is 14.4. The number of hydrogen-bond donors (Lipinski definition) is 3. The summed E-state index contributed by atoms with van der Waals surface area (Å²) in [4.78, 5) is 27.8. The molecule has 126 valence electrons. The Morgan fingerprint density at radius 3 is 2.72 bits per heavy atom. The zero-order valence-electron chi connectivity index (χ0n) is 13.3. The lowest BCUT2D eigenvalue weighted by atomic mass is 10.1. The van der Waals surface area contributed by atoms with Crippen molar-refractivity contribution in [2.24, 2.45) is 0 Å². The van der Waals surface area contributed by atoms with Gasteiger partial charge in [0.05, 0.1) is 11.3 Å². The number of nitrogens with one attached hydrogen (secondary N) is 3. The standard InChI is InChI=1S/C19H16BrN3O2/c1-2-9-21-18(24)14-5-3-4-6-16(14)23-19(25)17-11-12-10-13(20)7-8-15(12)22-17/h2-8,10-11,22H,1,9H2,(H,21,24)(H,23,25). The Hall–Kier alpha value is -2.86. The minimum Gasteiger partial charge on any atom is -0.351 e. The maximum Gasteiger partial charge on any atom is 0.272 e. The molecule has 0 aliphatic carbocycles. The molecule has 6 heteroatoms. The van der Waals surface area contributed by atoms with Gasteiger partial charge in [0.25, 0.3) is 11.8 Å². The van der Waals surface area contributed by atoms with Crippen LogP contribution in [0.1, 0.15) is 20.8 Å². The van der Waals surface area contributed by atoms with E-state index in [0.717, 1.165) is 15.4 Å². The third kappa shape index (κ3) is 3.80. The SMILES string of the molecule is C=CCNC(=O)c1ccccc1NC(=O)c1cc2cc(Br)ccc2[nH]1. The Bertz CT molecular complexity index is 962. The molecule has 2 aromatic carbocycles. The van der Waals surface area contributed by atoms with E-state index in [4.69, 9.17) is 0 Å². The summed E-state index contributed by atoms with van der Waals surface area (Å²) in [5.41, 5.74) is 2.14. The number of fused-ring (bicyclic) bond motifs is 1. The molecule has 1 aromatic heterocycles. The fourth-order valence-electron chi connectivity index (χ4n) is 2.47. The van der Waals surface area contributed by atoms with Crippen LogP contribution in [0.3, 0.4) is 0 Å². The second-order valence-electron chi connectivity index (χ2n) is 5.41. The minimum atomic E-state index is -0.309. The van der Waals surface area contributed by atoms with Gasteiger partial charge in [-0.3, -0.25) is 9.59 Å². The van der Waals surface area contributed by atoms with E-state index in [0.29, 0.717) is 23.5 Å². The number of aromatic nitrogens is 1. The van der Waals surface area contributed by atoms with E-state index in [1.54, 1.807) is 36.4 Å². The van der Waals surface area contributed by atoms with Gasteiger partial charge in [-0.2, -0.15) is 0 Å². The summed E-state index contributed by atoms with van der Waals surface area (Å²) >= 11 is 3.41. The Labute approximate surface area is 153 Å². The minimum absolute atomic E-state index is 0.267. The molecule has 3 rings (SSSR count). The fourth-order valence-corrected chi connectivity index (χ4v) is 2.84. The number of H-pyrrole nitrogens is 1. The zero-order chi connectivity index (χ0) is 17.8. The van der Waals surface area contributed by atoms with Gasteiger partial charge in [0.2, 0.25) is 0 Å². The highest BCUT2D eigenvalue weighted by molar-refractivity contribution is 9.10. The van der Waals surface area contributed by atoms with Crippen LogP contribution in [-0.4, -0.2) is 23.3 Å². The van der Waals surface area contributed by atoms with Crippen LogP contribution in [0.5, 0.6) is 0 Å². The van der Waals surface area contributed by atoms with Gasteiger partial charge >= 0.3 is 0 Å². The average molecular weight is 398 g/mol. The molecule has 0 fully saturated rings. The van der Waals surface area contributed by atoms with Crippen molar-refractivity contribution in [3.63, 3.8) is 0 Å². The van der Waals surface area contributed by atoms with Crippen molar-refractivity contribution in [2.45, 2.75) is 0 Å². The van der Waals surface area contributed by atoms with Gasteiger partial charge in [-0.25, -0.2) is 0 Å². The maximum atomic E-state index is 12.6. The van der Waals surface area contributed by atoms with E-state index in [1.807, 2.05) is 18.2 Å². The first-order valence-corrected chi connectivity index (χ1v) is 8.45. The molecule has 2 amide bonds. The summed E-state index contributed by atoms with van der Waals surface area (Å²) in [5, 5.41) is 6.43. The van der Waals surface area contributed by atoms with Crippen LogP contribution in [0.4, 0.5) is 5.69 Å². The molecule has 1 heterocycles. The molecule has 0 bridgehead atoms. The molecule has 5 nitrogen and oxygen atoms in total. The Kier molecular flexibility index (Phi) is 5.00. The third-order valence-electron chi connectivity index (χ3n) is 3.65. The predicted molar refractivity (Wildman–Crippen MR) is 103 cm³/mol. The van der Waals surface area contributed by atoms with Gasteiger partial charge in [0.15, 0.2) is 0 Å². The van der Waals surface area contributed by atoms with Crippen molar-refractivity contribution in [3.8, 4) is 0 Å². The van der Waals surface area contributed by atoms with E-state index in [2.05, 4.69) is 38.1 Å². The summed E-state index contributed by atoms with van der Waals surface area (Å²) in [7, 11) is 0. The predicted octanol–water partition coefficient (Wildman–Crippen LogP) is 4.10. The molecule has 3 N–H and O–H groups in total. The lowest BCUT2D eigenvalue weighted by Gasteiger charge is -2.10. The molecular weight excluding hydrogens is 382 g/mol. The number of hydrogen-bond acceptors (Lipinski definition) is 2. The summed E-state index contributed by atoms with van der Waals surface area (Å²) in [5.74, 6) is -0.576. The topological polar surface area (TPSA) is 74.0 Å². The smallest absolute Gasteiger partial charge is 0.272 e. The van der Waals surface area contributed by atoms with Crippen LogP contribution in [0.2, 0.25) is 0 Å². The van der Waals surface area contributed by atoms with Crippen LogP contribution < -0.4 is 10.6 Å². The number of carbonyl (C=O) groups is 2. The number of amides is 2. The number of benzene rings is 2. The molecule has 0 saturated carbocycles. The molecule has 0 aliphatic rings. The van der Waals surface area contributed by atoms with Crippen molar-refractivity contribution >= 4 is 44.3 Å². The Morgan fingerprint density at radius 2 is 1.92 bits per heavy atom. The molecule has 0 unspecified atom stereocenters. The Morgan fingerprint density at radius 1 is 1.12 bits per heavy atom. The highest BCUT2D eigenvalue weighted by Crippen LogP contribution is 2.22. The summed E-state index contributed by atoms with van der Waals surface area (Å²) in [6.07, 6.45) is 1.60. The second-order valence-corrected chi connectivity index (χ2v) is 6.33. The second kappa shape index (κ2) is 7.36. The average Bonchev–Trinajstić information content (AvgIpc) is 3.03. The molecule has 0 saturated heterocycles. The van der Waals surface area contributed by atoms with E-state index in [-0.39, 0.29) is 11.8 Å². The molecule has 3 aromatic rings. The van der Waals surface area contributed by atoms with Gasteiger partial charge < -0.3 is 15.6 Å². The highest BCUT2D eigenvalue weighted by atomic mass is 79.9. The maximum absolute atomic E-state index is 12.6. The van der Waals surface area contributed by atoms with Gasteiger partial charge in [0.1, 0.15) is 5.69 Å². The van der Waals surface area contributed by atoms with Gasteiger partial charge in [-0.05, 0) is 36.4 Å². The fraction of sp³-hybridized carbons (Fsp3) is 0.0526. The van der Waals surface area contributed by atoms with E-state index < -0.39 is 0 Å². The first kappa shape index (κ1) is 17.0. The molecule has 0 radical (unpaired) electrons.